The first-order chi connectivity index (χ1) is 13.3. The van der Waals surface area contributed by atoms with E-state index in [1.807, 2.05) is 0 Å². The summed E-state index contributed by atoms with van der Waals surface area (Å²) in [5.74, 6) is 6.27. The maximum absolute atomic E-state index is 11.7. The molecule has 0 aromatic rings. The van der Waals surface area contributed by atoms with Gasteiger partial charge >= 0.3 is 5.97 Å². The minimum atomic E-state index is -0.0342. The van der Waals surface area contributed by atoms with Gasteiger partial charge in [0, 0.05) is 6.42 Å². The van der Waals surface area contributed by atoms with Crippen LogP contribution in [-0.4, -0.2) is 13.1 Å². The highest BCUT2D eigenvalue weighted by Crippen LogP contribution is 2.68. The lowest BCUT2D eigenvalue weighted by Crippen LogP contribution is -2.53. The van der Waals surface area contributed by atoms with Crippen molar-refractivity contribution >= 4 is 5.97 Å². The molecule has 0 aromatic heterocycles. The predicted octanol–water partition coefficient (Wildman–Crippen LogP) is 6.87. The fourth-order valence-corrected chi connectivity index (χ4v) is 9.10. The van der Waals surface area contributed by atoms with Crippen LogP contribution in [0.15, 0.2) is 0 Å². The van der Waals surface area contributed by atoms with Crippen LogP contribution < -0.4 is 0 Å². The lowest BCUT2D eigenvalue weighted by Gasteiger charge is -2.61. The van der Waals surface area contributed by atoms with Gasteiger partial charge in [0.15, 0.2) is 0 Å². The molecular formula is C26H44O2. The summed E-state index contributed by atoms with van der Waals surface area (Å²) in [6, 6.07) is 0. The van der Waals surface area contributed by atoms with Crippen molar-refractivity contribution in [2.75, 3.05) is 7.11 Å². The van der Waals surface area contributed by atoms with Crippen LogP contribution in [0.25, 0.3) is 0 Å². The van der Waals surface area contributed by atoms with Gasteiger partial charge in [-0.25, -0.2) is 0 Å². The summed E-state index contributed by atoms with van der Waals surface area (Å²) >= 11 is 0. The van der Waals surface area contributed by atoms with E-state index in [0.29, 0.717) is 23.2 Å². The van der Waals surface area contributed by atoms with Crippen molar-refractivity contribution < 1.29 is 9.53 Å². The Kier molecular flexibility index (Phi) is 5.64. The van der Waals surface area contributed by atoms with Crippen LogP contribution >= 0.6 is 0 Å². The molecule has 0 amide bonds. The van der Waals surface area contributed by atoms with E-state index < -0.39 is 0 Å². The summed E-state index contributed by atoms with van der Waals surface area (Å²) in [4.78, 5) is 11.7. The standard InChI is InChI=1S/C26H44O2/c1-17-12-14-25(3)19(16-17)7-8-20-22-10-9-21(18(2)6-11-24(27)28-5)26(22,4)15-13-23(20)25/h17-23H,6-16H2,1-5H3/t17-,18+,19-,20?,21+,22?,23?,25-,26+/m0/s1. The van der Waals surface area contributed by atoms with Gasteiger partial charge in [-0.05, 0) is 110 Å². The molecular weight excluding hydrogens is 344 g/mol. The third-order valence-electron chi connectivity index (χ3n) is 10.7. The smallest absolute Gasteiger partial charge is 0.305 e. The largest absolute Gasteiger partial charge is 0.469 e. The maximum atomic E-state index is 11.7. The molecule has 0 radical (unpaired) electrons. The Balaban J connectivity index is 1.48. The fourth-order valence-electron chi connectivity index (χ4n) is 9.10. The Morgan fingerprint density at radius 1 is 1.00 bits per heavy atom. The highest BCUT2D eigenvalue weighted by molar-refractivity contribution is 5.69. The van der Waals surface area contributed by atoms with Gasteiger partial charge in [0.05, 0.1) is 7.11 Å². The Bertz CT molecular complexity index is 585. The normalized spacial score (nSPS) is 48.9. The Morgan fingerprint density at radius 3 is 2.46 bits per heavy atom. The third-order valence-corrected chi connectivity index (χ3v) is 10.7. The number of esters is 1. The molecule has 0 N–H and O–H groups in total. The highest BCUT2D eigenvalue weighted by Gasteiger charge is 2.60. The van der Waals surface area contributed by atoms with Gasteiger partial charge in [0.1, 0.15) is 0 Å². The van der Waals surface area contributed by atoms with E-state index >= 15 is 0 Å². The van der Waals surface area contributed by atoms with Crippen molar-refractivity contribution in [1.29, 1.82) is 0 Å². The number of carbonyl (C=O) groups is 1. The Labute approximate surface area is 173 Å². The van der Waals surface area contributed by atoms with Crippen molar-refractivity contribution in [2.45, 2.75) is 98.3 Å². The Hall–Kier alpha value is -0.530. The quantitative estimate of drug-likeness (QED) is 0.491. The topological polar surface area (TPSA) is 26.3 Å². The minimum absolute atomic E-state index is 0.0342. The monoisotopic (exact) mass is 388 g/mol. The van der Waals surface area contributed by atoms with Crippen molar-refractivity contribution in [3.63, 3.8) is 0 Å². The van der Waals surface area contributed by atoms with Crippen LogP contribution in [0.4, 0.5) is 0 Å². The number of hydrogen-bond acceptors (Lipinski definition) is 2. The molecule has 9 atom stereocenters. The van der Waals surface area contributed by atoms with Crippen molar-refractivity contribution in [1.82, 2.24) is 0 Å². The van der Waals surface area contributed by atoms with Crippen LogP contribution in [0.5, 0.6) is 0 Å². The number of methoxy groups -OCH3 is 1. The molecule has 0 aliphatic heterocycles. The van der Waals surface area contributed by atoms with Gasteiger partial charge in [-0.15, -0.1) is 0 Å². The molecule has 2 heteroatoms. The third kappa shape index (κ3) is 3.25. The van der Waals surface area contributed by atoms with Gasteiger partial charge in [-0.3, -0.25) is 4.79 Å². The van der Waals surface area contributed by atoms with E-state index in [1.54, 1.807) is 0 Å². The van der Waals surface area contributed by atoms with Crippen LogP contribution in [-0.2, 0) is 9.53 Å². The van der Waals surface area contributed by atoms with E-state index in [9.17, 15) is 4.79 Å². The lowest BCUT2D eigenvalue weighted by atomic mass is 9.44. The van der Waals surface area contributed by atoms with Crippen LogP contribution in [0.1, 0.15) is 98.3 Å². The van der Waals surface area contributed by atoms with Gasteiger partial charge in [-0.1, -0.05) is 34.1 Å². The minimum Gasteiger partial charge on any atom is -0.469 e. The van der Waals surface area contributed by atoms with Crippen molar-refractivity contribution in [3.8, 4) is 0 Å². The molecule has 4 fully saturated rings. The second kappa shape index (κ2) is 7.62. The van der Waals surface area contributed by atoms with E-state index in [2.05, 4.69) is 27.7 Å². The van der Waals surface area contributed by atoms with Gasteiger partial charge in [0.25, 0.3) is 0 Å². The highest BCUT2D eigenvalue weighted by atomic mass is 16.5. The first kappa shape index (κ1) is 20.7. The molecule has 0 bridgehead atoms. The first-order valence-electron chi connectivity index (χ1n) is 12.4. The SMILES string of the molecule is COC(=O)CC[C@@H](C)[C@H]1CCC2C3CC[C@H]4C[C@@H](C)CC[C@]4(C)C3CC[C@@]21C. The number of fused-ring (bicyclic) bond motifs is 5. The zero-order chi connectivity index (χ0) is 20.1. The second-order valence-corrected chi connectivity index (χ2v) is 11.9. The molecule has 4 saturated carbocycles. The Morgan fingerprint density at radius 2 is 1.71 bits per heavy atom. The number of hydrogen-bond donors (Lipinski definition) is 0. The van der Waals surface area contributed by atoms with Crippen molar-refractivity contribution in [3.05, 3.63) is 0 Å². The second-order valence-electron chi connectivity index (χ2n) is 11.9. The van der Waals surface area contributed by atoms with Crippen LogP contribution in [0.3, 0.4) is 0 Å². The maximum Gasteiger partial charge on any atom is 0.305 e. The first-order valence-corrected chi connectivity index (χ1v) is 12.4. The van der Waals surface area contributed by atoms with E-state index in [1.165, 1.54) is 64.9 Å². The number of ether oxygens (including phenoxy) is 1. The van der Waals surface area contributed by atoms with Crippen molar-refractivity contribution in [2.24, 2.45) is 52.3 Å². The molecule has 2 nitrogen and oxygen atoms in total. The molecule has 4 rings (SSSR count). The van der Waals surface area contributed by atoms with Crippen LogP contribution in [0.2, 0.25) is 0 Å². The summed E-state index contributed by atoms with van der Waals surface area (Å²) in [5, 5.41) is 0. The molecule has 0 heterocycles. The molecule has 160 valence electrons. The number of rotatable bonds is 4. The summed E-state index contributed by atoms with van der Waals surface area (Å²) in [6.07, 6.45) is 14.8. The zero-order valence-corrected chi connectivity index (χ0v) is 19.1. The molecule has 0 spiro atoms. The van der Waals surface area contributed by atoms with Gasteiger partial charge < -0.3 is 4.74 Å². The average Bonchev–Trinajstić information content (AvgIpc) is 3.03. The van der Waals surface area contributed by atoms with Gasteiger partial charge in [-0.2, -0.15) is 0 Å². The molecule has 4 aliphatic rings. The van der Waals surface area contributed by atoms with E-state index in [-0.39, 0.29) is 5.97 Å². The lowest BCUT2D eigenvalue weighted by molar-refractivity contribution is -0.141. The summed E-state index contributed by atoms with van der Waals surface area (Å²) < 4.78 is 4.90. The summed E-state index contributed by atoms with van der Waals surface area (Å²) in [5.41, 5.74) is 1.15. The molecule has 0 aromatic carbocycles. The average molecular weight is 389 g/mol. The zero-order valence-electron chi connectivity index (χ0n) is 19.1. The molecule has 3 unspecified atom stereocenters. The van der Waals surface area contributed by atoms with E-state index in [4.69, 9.17) is 4.74 Å². The molecule has 0 saturated heterocycles. The fraction of sp³-hybridized carbons (Fsp3) is 0.962. The number of carbonyl (C=O) groups excluding carboxylic acids is 1. The van der Waals surface area contributed by atoms with Gasteiger partial charge in [0.2, 0.25) is 0 Å². The summed E-state index contributed by atoms with van der Waals surface area (Å²) in [6.45, 7) is 10.2. The predicted molar refractivity (Wildman–Crippen MR) is 115 cm³/mol. The summed E-state index contributed by atoms with van der Waals surface area (Å²) in [7, 11) is 1.52. The van der Waals surface area contributed by atoms with E-state index in [0.717, 1.165) is 41.9 Å². The molecule has 4 aliphatic carbocycles. The molecule has 28 heavy (non-hydrogen) atoms. The van der Waals surface area contributed by atoms with Crippen LogP contribution in [0, 0.1) is 52.3 Å².